The molecule has 0 aromatic rings. The van der Waals surface area contributed by atoms with Crippen LogP contribution in [0.3, 0.4) is 0 Å². The van der Waals surface area contributed by atoms with E-state index in [0.29, 0.717) is 6.42 Å². The molecule has 0 aliphatic rings. The van der Waals surface area contributed by atoms with Crippen molar-refractivity contribution in [3.63, 3.8) is 0 Å². The van der Waals surface area contributed by atoms with Crippen LogP contribution in [-0.2, 0) is 4.79 Å². The molecule has 292 valence electrons. The molecule has 0 rings (SSSR count). The van der Waals surface area contributed by atoms with E-state index in [1.54, 1.807) is 6.08 Å². The first-order valence-corrected chi connectivity index (χ1v) is 21.3. The highest BCUT2D eigenvalue weighted by atomic mass is 16.3. The van der Waals surface area contributed by atoms with Crippen molar-refractivity contribution in [3.05, 3.63) is 85.1 Å². The van der Waals surface area contributed by atoms with Gasteiger partial charge in [-0.25, -0.2) is 0 Å². The van der Waals surface area contributed by atoms with Crippen LogP contribution in [0.4, 0.5) is 0 Å². The summed E-state index contributed by atoms with van der Waals surface area (Å²) in [6.45, 7) is 4.10. The first kappa shape index (κ1) is 48.6. The van der Waals surface area contributed by atoms with Gasteiger partial charge in [-0.2, -0.15) is 0 Å². The minimum Gasteiger partial charge on any atom is -0.394 e. The van der Waals surface area contributed by atoms with Crippen LogP contribution in [-0.4, -0.2) is 34.9 Å². The molecule has 0 aliphatic heterocycles. The summed E-state index contributed by atoms with van der Waals surface area (Å²) in [5.41, 5.74) is 0. The van der Waals surface area contributed by atoms with Gasteiger partial charge >= 0.3 is 0 Å². The number of allylic oxidation sites excluding steroid dienone is 13. The fourth-order valence-corrected chi connectivity index (χ4v) is 5.85. The molecule has 0 fully saturated rings. The van der Waals surface area contributed by atoms with Gasteiger partial charge in [-0.1, -0.05) is 195 Å². The Morgan fingerprint density at radius 1 is 0.490 bits per heavy atom. The van der Waals surface area contributed by atoms with E-state index < -0.39 is 12.1 Å². The largest absolute Gasteiger partial charge is 0.394 e. The zero-order valence-electron chi connectivity index (χ0n) is 33.3. The number of carbonyl (C=O) groups is 1. The predicted molar refractivity (Wildman–Crippen MR) is 225 cm³/mol. The van der Waals surface area contributed by atoms with Gasteiger partial charge in [-0.15, -0.1) is 0 Å². The van der Waals surface area contributed by atoms with Crippen LogP contribution in [0.2, 0.25) is 0 Å². The molecule has 1 amide bonds. The lowest BCUT2D eigenvalue weighted by molar-refractivity contribution is -0.123. The smallest absolute Gasteiger partial charge is 0.220 e. The molecule has 2 unspecified atom stereocenters. The Kier molecular flexibility index (Phi) is 40.0. The van der Waals surface area contributed by atoms with E-state index >= 15 is 0 Å². The average Bonchev–Trinajstić information content (AvgIpc) is 3.13. The molecule has 4 heteroatoms. The second-order valence-electron chi connectivity index (χ2n) is 14.0. The third-order valence-corrected chi connectivity index (χ3v) is 9.11. The lowest BCUT2D eigenvalue weighted by atomic mass is 10.0. The molecule has 0 aromatic heterocycles. The third kappa shape index (κ3) is 38.6. The van der Waals surface area contributed by atoms with Crippen LogP contribution in [0.15, 0.2) is 85.1 Å². The average molecular weight is 708 g/mol. The number of aliphatic hydroxyl groups excluding tert-OH is 2. The maximum Gasteiger partial charge on any atom is 0.220 e. The van der Waals surface area contributed by atoms with Crippen molar-refractivity contribution >= 4 is 5.91 Å². The van der Waals surface area contributed by atoms with Crippen LogP contribution in [0.25, 0.3) is 0 Å². The minimum atomic E-state index is -0.862. The minimum absolute atomic E-state index is 0.0818. The molecular weight excluding hydrogens is 627 g/mol. The number of hydrogen-bond donors (Lipinski definition) is 3. The topological polar surface area (TPSA) is 69.6 Å². The van der Waals surface area contributed by atoms with Gasteiger partial charge < -0.3 is 15.5 Å². The van der Waals surface area contributed by atoms with Crippen molar-refractivity contribution in [1.82, 2.24) is 5.32 Å². The molecule has 51 heavy (non-hydrogen) atoms. The molecule has 0 bridgehead atoms. The van der Waals surface area contributed by atoms with E-state index in [4.69, 9.17) is 0 Å². The van der Waals surface area contributed by atoms with Crippen LogP contribution < -0.4 is 5.32 Å². The third-order valence-electron chi connectivity index (χ3n) is 9.11. The molecule has 3 N–H and O–H groups in total. The van der Waals surface area contributed by atoms with E-state index in [2.05, 4.69) is 92.1 Å². The summed E-state index contributed by atoms with van der Waals surface area (Å²) < 4.78 is 0. The summed E-state index contributed by atoms with van der Waals surface area (Å²) in [6.07, 6.45) is 61.4. The van der Waals surface area contributed by atoms with Gasteiger partial charge in [0.2, 0.25) is 5.91 Å². The standard InChI is InChI=1S/C47H81NO3/c1-3-5-7-9-11-13-14-15-16-17-18-19-20-21-22-23-24-25-26-27-28-29-30-31-32-33-34-35-37-39-41-43-47(51)48-45(44-49)46(50)42-40-38-36-12-10-8-6-4-2/h5,7,10-13,15-16,18-19,21-22,40,42,45-46,49-50H,3-4,6,8-9,14,17,20,23-39,41,43-44H2,1-2H3,(H,48,51)/b7-5-,12-10+,13-11-,16-15-,19-18-,22-21-,42-40+. The Hall–Kier alpha value is -2.43. The summed E-state index contributed by atoms with van der Waals surface area (Å²) in [5, 5.41) is 22.8. The van der Waals surface area contributed by atoms with Crippen LogP contribution >= 0.6 is 0 Å². The summed E-state index contributed by atoms with van der Waals surface area (Å²) >= 11 is 0. The number of hydrogen-bond acceptors (Lipinski definition) is 3. The quantitative estimate of drug-likeness (QED) is 0.0445. The Morgan fingerprint density at radius 3 is 1.37 bits per heavy atom. The molecular formula is C47H81NO3. The van der Waals surface area contributed by atoms with Crippen molar-refractivity contribution in [2.24, 2.45) is 0 Å². The van der Waals surface area contributed by atoms with Gasteiger partial charge in [0.1, 0.15) is 0 Å². The predicted octanol–water partition coefficient (Wildman–Crippen LogP) is 13.3. The first-order chi connectivity index (χ1) is 25.2. The molecule has 0 radical (unpaired) electrons. The van der Waals surface area contributed by atoms with Crippen LogP contribution in [0, 0.1) is 0 Å². The number of rotatable bonds is 37. The number of nitrogens with one attached hydrogen (secondary N) is 1. The van der Waals surface area contributed by atoms with Crippen molar-refractivity contribution < 1.29 is 15.0 Å². The van der Waals surface area contributed by atoms with Gasteiger partial charge in [0, 0.05) is 6.42 Å². The van der Waals surface area contributed by atoms with Crippen molar-refractivity contribution in [3.8, 4) is 0 Å². The van der Waals surface area contributed by atoms with Crippen molar-refractivity contribution in [2.45, 2.75) is 199 Å². The fourth-order valence-electron chi connectivity index (χ4n) is 5.85. The highest BCUT2D eigenvalue weighted by Crippen LogP contribution is 2.14. The monoisotopic (exact) mass is 708 g/mol. The van der Waals surface area contributed by atoms with Crippen LogP contribution in [0.5, 0.6) is 0 Å². The van der Waals surface area contributed by atoms with Crippen LogP contribution in [0.1, 0.15) is 187 Å². The van der Waals surface area contributed by atoms with E-state index in [1.165, 1.54) is 103 Å². The second-order valence-corrected chi connectivity index (χ2v) is 14.0. The van der Waals surface area contributed by atoms with Gasteiger partial charge in [0.05, 0.1) is 18.8 Å². The van der Waals surface area contributed by atoms with Gasteiger partial charge in [-0.05, 0) is 70.6 Å². The molecule has 0 saturated carbocycles. The van der Waals surface area contributed by atoms with E-state index in [1.807, 2.05) is 6.08 Å². The zero-order chi connectivity index (χ0) is 37.1. The lowest BCUT2D eigenvalue weighted by Crippen LogP contribution is -2.45. The highest BCUT2D eigenvalue weighted by Gasteiger charge is 2.17. The Morgan fingerprint density at radius 2 is 0.882 bits per heavy atom. The van der Waals surface area contributed by atoms with E-state index in [-0.39, 0.29) is 12.5 Å². The molecule has 0 spiro atoms. The second kappa shape index (κ2) is 42.0. The first-order valence-electron chi connectivity index (χ1n) is 21.3. The van der Waals surface area contributed by atoms with Gasteiger partial charge in [0.25, 0.3) is 0 Å². The molecule has 0 heterocycles. The summed E-state index contributed by atoms with van der Waals surface area (Å²) in [5.74, 6) is -0.0818. The zero-order valence-corrected chi connectivity index (χ0v) is 33.3. The lowest BCUT2D eigenvalue weighted by Gasteiger charge is -2.19. The highest BCUT2D eigenvalue weighted by molar-refractivity contribution is 5.76. The van der Waals surface area contributed by atoms with Gasteiger partial charge in [-0.3, -0.25) is 4.79 Å². The molecule has 2 atom stereocenters. The van der Waals surface area contributed by atoms with Gasteiger partial charge in [0.15, 0.2) is 0 Å². The maximum atomic E-state index is 12.3. The maximum absolute atomic E-state index is 12.3. The summed E-state index contributed by atoms with van der Waals surface area (Å²) in [7, 11) is 0. The van der Waals surface area contributed by atoms with Crippen molar-refractivity contribution in [1.29, 1.82) is 0 Å². The summed E-state index contributed by atoms with van der Waals surface area (Å²) in [4.78, 5) is 12.3. The van der Waals surface area contributed by atoms with E-state index in [0.717, 1.165) is 64.2 Å². The molecule has 0 saturated heterocycles. The molecule has 0 aromatic carbocycles. The Labute approximate surface area is 316 Å². The number of aliphatic hydroxyl groups is 2. The Balaban J connectivity index is 3.50. The Bertz CT molecular complexity index is 941. The number of unbranched alkanes of at least 4 members (excludes halogenated alkanes) is 18. The van der Waals surface area contributed by atoms with Crippen molar-refractivity contribution in [2.75, 3.05) is 6.61 Å². The SMILES string of the molecule is CC/C=C\C/C=C\C/C=C\C/C=C\C/C=C\CCCCCCCCCCCCCCCCCC(=O)NC(CO)C(O)/C=C/CC/C=C/CCCC. The molecule has 0 aliphatic carbocycles. The number of carbonyl (C=O) groups excluding carboxylic acids is 1. The summed E-state index contributed by atoms with van der Waals surface area (Å²) in [6, 6.07) is -0.639. The molecule has 4 nitrogen and oxygen atoms in total. The normalized spacial score (nSPS) is 13.9. The fraction of sp³-hybridized carbons (Fsp3) is 0.681. The number of amides is 1. The van der Waals surface area contributed by atoms with E-state index in [9.17, 15) is 15.0 Å².